The second-order valence-corrected chi connectivity index (χ2v) is 6.05. The molecule has 2 amide bonds. The summed E-state index contributed by atoms with van der Waals surface area (Å²) in [5.74, 6) is -0.419. The van der Waals surface area contributed by atoms with Gasteiger partial charge in [0, 0.05) is 18.7 Å². The van der Waals surface area contributed by atoms with Crippen molar-refractivity contribution >= 4 is 11.8 Å². The normalized spacial score (nSPS) is 24.6. The highest BCUT2D eigenvalue weighted by Gasteiger charge is 2.36. The van der Waals surface area contributed by atoms with Crippen LogP contribution in [-0.4, -0.2) is 42.0 Å². The van der Waals surface area contributed by atoms with Crippen molar-refractivity contribution in [3.63, 3.8) is 0 Å². The predicted molar refractivity (Wildman–Crippen MR) is 82.4 cm³/mol. The lowest BCUT2D eigenvalue weighted by Crippen LogP contribution is -2.44. The van der Waals surface area contributed by atoms with Gasteiger partial charge in [0.25, 0.3) is 0 Å². The minimum atomic E-state index is -0.485. The minimum absolute atomic E-state index is 0.0658. The largest absolute Gasteiger partial charge is 0.376 e. The highest BCUT2D eigenvalue weighted by atomic mass is 16.5. The molecular weight excluding hydrogens is 280 g/mol. The molecule has 0 unspecified atom stereocenters. The molecule has 1 aromatic rings. The molecule has 0 bridgehead atoms. The first-order valence-corrected chi connectivity index (χ1v) is 7.95. The molecule has 22 heavy (non-hydrogen) atoms. The van der Waals surface area contributed by atoms with Crippen molar-refractivity contribution in [2.45, 2.75) is 44.2 Å². The third kappa shape index (κ3) is 2.99. The number of carbonyl (C=O) groups is 2. The Bertz CT molecular complexity index is 573. The standard InChI is InChI=1S/C17H22N2O3/c18-17(21)13-6-2-1-5-12(13)11-16(20)19-9-4-10-22-15-8-3-7-14(15)19/h1-2,5-6,14-15H,3-4,7-11H2,(H2,18,21)/t14-,15-/m1/s1. The predicted octanol–water partition coefficient (Wildman–Crippen LogP) is 1.50. The number of benzene rings is 1. The van der Waals surface area contributed by atoms with E-state index in [1.807, 2.05) is 11.0 Å². The Balaban J connectivity index is 1.77. The van der Waals surface area contributed by atoms with Crippen LogP contribution in [0.1, 0.15) is 41.6 Å². The van der Waals surface area contributed by atoms with Gasteiger partial charge < -0.3 is 15.4 Å². The van der Waals surface area contributed by atoms with Crippen LogP contribution in [0.25, 0.3) is 0 Å². The molecule has 1 aliphatic heterocycles. The van der Waals surface area contributed by atoms with Gasteiger partial charge in [0.15, 0.2) is 0 Å². The number of nitrogens with zero attached hydrogens (tertiary/aromatic N) is 1. The summed E-state index contributed by atoms with van der Waals surface area (Å²) in [5, 5.41) is 0. The van der Waals surface area contributed by atoms with Crippen LogP contribution in [0.5, 0.6) is 0 Å². The lowest BCUT2D eigenvalue weighted by Gasteiger charge is -2.30. The second-order valence-electron chi connectivity index (χ2n) is 6.05. The van der Waals surface area contributed by atoms with E-state index in [-0.39, 0.29) is 24.5 Å². The molecule has 2 aliphatic rings. The maximum absolute atomic E-state index is 12.8. The first-order valence-electron chi connectivity index (χ1n) is 7.95. The van der Waals surface area contributed by atoms with Gasteiger partial charge in [-0.05, 0) is 37.3 Å². The van der Waals surface area contributed by atoms with E-state index in [9.17, 15) is 9.59 Å². The summed E-state index contributed by atoms with van der Waals surface area (Å²) >= 11 is 0. The molecule has 1 saturated heterocycles. The quantitative estimate of drug-likeness (QED) is 0.919. The van der Waals surface area contributed by atoms with E-state index >= 15 is 0 Å². The van der Waals surface area contributed by atoms with Gasteiger partial charge >= 0.3 is 0 Å². The third-order valence-corrected chi connectivity index (χ3v) is 4.64. The van der Waals surface area contributed by atoms with Crippen molar-refractivity contribution in [1.29, 1.82) is 0 Å². The van der Waals surface area contributed by atoms with Crippen LogP contribution >= 0.6 is 0 Å². The summed E-state index contributed by atoms with van der Waals surface area (Å²) in [6, 6.07) is 7.27. The fourth-order valence-electron chi connectivity index (χ4n) is 3.58. The van der Waals surface area contributed by atoms with Crippen molar-refractivity contribution in [1.82, 2.24) is 4.90 Å². The lowest BCUT2D eigenvalue weighted by molar-refractivity contribution is -0.133. The molecule has 1 heterocycles. The van der Waals surface area contributed by atoms with Crippen molar-refractivity contribution in [2.24, 2.45) is 5.73 Å². The number of amides is 2. The van der Waals surface area contributed by atoms with Gasteiger partial charge in [0.05, 0.1) is 18.6 Å². The van der Waals surface area contributed by atoms with E-state index in [1.165, 1.54) is 0 Å². The molecule has 2 atom stereocenters. The molecule has 5 heteroatoms. The summed E-state index contributed by atoms with van der Waals surface area (Å²) in [4.78, 5) is 26.2. The van der Waals surface area contributed by atoms with Gasteiger partial charge in [0.1, 0.15) is 0 Å². The van der Waals surface area contributed by atoms with Gasteiger partial charge in [-0.1, -0.05) is 18.2 Å². The van der Waals surface area contributed by atoms with E-state index in [4.69, 9.17) is 10.5 Å². The molecular formula is C17H22N2O3. The van der Waals surface area contributed by atoms with Crippen LogP contribution in [0.3, 0.4) is 0 Å². The number of hydrogen-bond acceptors (Lipinski definition) is 3. The Morgan fingerprint density at radius 2 is 2.05 bits per heavy atom. The van der Waals surface area contributed by atoms with Gasteiger partial charge in [-0.2, -0.15) is 0 Å². The molecule has 5 nitrogen and oxygen atoms in total. The fraction of sp³-hybridized carbons (Fsp3) is 0.529. The zero-order chi connectivity index (χ0) is 15.5. The van der Waals surface area contributed by atoms with Gasteiger partial charge in [-0.25, -0.2) is 0 Å². The molecule has 2 N–H and O–H groups in total. The summed E-state index contributed by atoms with van der Waals surface area (Å²) in [5.41, 5.74) is 6.54. The van der Waals surface area contributed by atoms with Crippen LogP contribution in [0, 0.1) is 0 Å². The number of carbonyl (C=O) groups excluding carboxylic acids is 2. The topological polar surface area (TPSA) is 72.6 Å². The molecule has 1 saturated carbocycles. The van der Waals surface area contributed by atoms with E-state index in [0.29, 0.717) is 11.1 Å². The molecule has 1 aromatic carbocycles. The highest BCUT2D eigenvalue weighted by Crippen LogP contribution is 2.29. The Labute approximate surface area is 130 Å². The van der Waals surface area contributed by atoms with Crippen LogP contribution in [-0.2, 0) is 16.0 Å². The highest BCUT2D eigenvalue weighted by molar-refractivity contribution is 5.95. The van der Waals surface area contributed by atoms with Crippen molar-refractivity contribution in [3.8, 4) is 0 Å². The molecule has 1 aliphatic carbocycles. The molecule has 2 fully saturated rings. The Morgan fingerprint density at radius 1 is 1.23 bits per heavy atom. The number of rotatable bonds is 3. The number of hydrogen-bond donors (Lipinski definition) is 1. The molecule has 118 valence electrons. The molecule has 0 spiro atoms. The first kappa shape index (κ1) is 15.0. The minimum Gasteiger partial charge on any atom is -0.376 e. The summed E-state index contributed by atoms with van der Waals surface area (Å²) in [7, 11) is 0. The van der Waals surface area contributed by atoms with Gasteiger partial charge in [-0.3, -0.25) is 9.59 Å². The fourth-order valence-corrected chi connectivity index (χ4v) is 3.58. The van der Waals surface area contributed by atoms with Crippen LogP contribution in [0.15, 0.2) is 24.3 Å². The van der Waals surface area contributed by atoms with Gasteiger partial charge in [-0.15, -0.1) is 0 Å². The first-order chi connectivity index (χ1) is 10.7. The molecule has 3 rings (SSSR count). The molecule has 0 radical (unpaired) electrons. The number of nitrogens with two attached hydrogens (primary N) is 1. The second kappa shape index (κ2) is 6.48. The SMILES string of the molecule is NC(=O)c1ccccc1CC(=O)N1CCCO[C@@H]2CCC[C@H]21. The lowest BCUT2D eigenvalue weighted by atomic mass is 10.0. The number of primary amides is 1. The van der Waals surface area contributed by atoms with Crippen molar-refractivity contribution in [3.05, 3.63) is 35.4 Å². The smallest absolute Gasteiger partial charge is 0.248 e. The van der Waals surface area contributed by atoms with E-state index in [1.54, 1.807) is 18.2 Å². The van der Waals surface area contributed by atoms with Crippen molar-refractivity contribution < 1.29 is 14.3 Å². The van der Waals surface area contributed by atoms with Crippen LogP contribution in [0.4, 0.5) is 0 Å². The number of fused-ring (bicyclic) bond motifs is 1. The monoisotopic (exact) mass is 302 g/mol. The summed E-state index contributed by atoms with van der Waals surface area (Å²) < 4.78 is 5.85. The third-order valence-electron chi connectivity index (χ3n) is 4.64. The van der Waals surface area contributed by atoms with Gasteiger partial charge in [0.2, 0.25) is 11.8 Å². The number of ether oxygens (including phenoxy) is 1. The molecule has 0 aromatic heterocycles. The Hall–Kier alpha value is -1.88. The van der Waals surface area contributed by atoms with E-state index in [0.717, 1.165) is 38.8 Å². The zero-order valence-corrected chi connectivity index (χ0v) is 12.7. The summed E-state index contributed by atoms with van der Waals surface area (Å²) in [6.45, 7) is 1.46. The Kier molecular flexibility index (Phi) is 4.43. The maximum atomic E-state index is 12.8. The van der Waals surface area contributed by atoms with Crippen LogP contribution < -0.4 is 5.73 Å². The maximum Gasteiger partial charge on any atom is 0.248 e. The van der Waals surface area contributed by atoms with E-state index < -0.39 is 5.91 Å². The average molecular weight is 302 g/mol. The van der Waals surface area contributed by atoms with Crippen LogP contribution in [0.2, 0.25) is 0 Å². The average Bonchev–Trinajstić information content (AvgIpc) is 2.87. The summed E-state index contributed by atoms with van der Waals surface area (Å²) in [6.07, 6.45) is 4.42. The van der Waals surface area contributed by atoms with Crippen molar-refractivity contribution in [2.75, 3.05) is 13.2 Å². The Morgan fingerprint density at radius 3 is 2.86 bits per heavy atom. The van der Waals surface area contributed by atoms with E-state index in [2.05, 4.69) is 0 Å². The zero-order valence-electron chi connectivity index (χ0n) is 12.7.